The molecule has 5 aromatic carbocycles. The van der Waals surface area contributed by atoms with Crippen molar-refractivity contribution in [3.8, 4) is 0 Å². The molecule has 0 fully saturated rings. The molecule has 13 heteroatoms. The number of aliphatic hydroxyl groups excluding tert-OH is 2. The van der Waals surface area contributed by atoms with Gasteiger partial charge in [0.25, 0.3) is 0 Å². The van der Waals surface area contributed by atoms with Crippen LogP contribution in [0, 0.1) is 0 Å². The van der Waals surface area contributed by atoms with Crippen LogP contribution in [-0.4, -0.2) is 62.7 Å². The lowest BCUT2D eigenvalue weighted by Gasteiger charge is -2.28. The minimum Gasteiger partial charge on any atom is -0.489 e. The summed E-state index contributed by atoms with van der Waals surface area (Å²) in [6.07, 6.45) is 0.454. The second-order valence-corrected chi connectivity index (χ2v) is 19.1. The smallest absolute Gasteiger partial charge is 0.186 e. The minimum absolute atomic E-state index is 0.0339. The molecule has 0 aliphatic rings. The molecule has 11 nitrogen and oxygen atoms in total. The highest BCUT2D eigenvalue weighted by molar-refractivity contribution is 8.10. The molecule has 0 saturated carbocycles. The highest BCUT2D eigenvalue weighted by atomic mass is 32.3. The van der Waals surface area contributed by atoms with Gasteiger partial charge in [-0.15, -0.1) is 0 Å². The fourth-order valence-corrected chi connectivity index (χ4v) is 9.27. The first-order valence-electron chi connectivity index (χ1n) is 20.8. The molecule has 0 aromatic heterocycles. The van der Waals surface area contributed by atoms with E-state index in [-0.39, 0.29) is 44.6 Å². The van der Waals surface area contributed by atoms with Crippen LogP contribution in [0.3, 0.4) is 0 Å². The fourth-order valence-electron chi connectivity index (χ4n) is 6.13. The zero-order valence-electron chi connectivity index (χ0n) is 35.9. The van der Waals surface area contributed by atoms with Crippen LogP contribution in [0.5, 0.6) is 0 Å². The predicted octanol–water partition coefficient (Wildman–Crippen LogP) is 8.52. The lowest BCUT2D eigenvalue weighted by Crippen LogP contribution is -2.39. The van der Waals surface area contributed by atoms with E-state index in [9.17, 15) is 27.0 Å². The van der Waals surface area contributed by atoms with E-state index in [0.29, 0.717) is 0 Å². The van der Waals surface area contributed by atoms with Crippen molar-refractivity contribution in [3.05, 3.63) is 226 Å². The van der Waals surface area contributed by atoms with Crippen molar-refractivity contribution in [2.45, 2.75) is 77.4 Å². The van der Waals surface area contributed by atoms with Crippen molar-refractivity contribution in [2.75, 3.05) is 5.08 Å². The van der Waals surface area contributed by atoms with Gasteiger partial charge < -0.3 is 33.9 Å². The van der Waals surface area contributed by atoms with Crippen LogP contribution in [0.2, 0.25) is 0 Å². The van der Waals surface area contributed by atoms with Crippen LogP contribution in [0.25, 0.3) is 0 Å². The normalized spacial score (nSPS) is 15.1. The molecule has 0 spiro atoms. The molecule has 5 rings (SSSR count). The Morgan fingerprint density at radius 2 is 0.766 bits per heavy atom. The Hall–Kier alpha value is -5.64. The van der Waals surface area contributed by atoms with Gasteiger partial charge in [0, 0.05) is 10.8 Å². The van der Waals surface area contributed by atoms with E-state index in [2.05, 4.69) is 0 Å². The largest absolute Gasteiger partial charge is 0.489 e. The SMILES string of the molecule is CC(O)C(/C=C(/C=C/S(=O)(=O)CS(=O)(=O)/C=C/C(=C/C(OCc1ccccc1)C(OCc1ccccc1)C(C)O)OCc1ccccc1)OCc1ccccc1)OCc1ccccc1. The molecule has 64 heavy (non-hydrogen) atoms. The third kappa shape index (κ3) is 18.2. The van der Waals surface area contributed by atoms with Crippen molar-refractivity contribution in [1.29, 1.82) is 0 Å². The van der Waals surface area contributed by atoms with E-state index in [1.807, 2.05) is 152 Å². The van der Waals surface area contributed by atoms with Crippen molar-refractivity contribution in [2.24, 2.45) is 0 Å². The second-order valence-electron chi connectivity index (χ2n) is 15.0. The first kappa shape index (κ1) is 49.4. The predicted molar refractivity (Wildman–Crippen MR) is 248 cm³/mol. The molecule has 5 unspecified atom stereocenters. The van der Waals surface area contributed by atoms with Gasteiger partial charge in [0.2, 0.25) is 0 Å². The molecule has 0 saturated heterocycles. The van der Waals surface area contributed by atoms with Crippen molar-refractivity contribution in [3.63, 3.8) is 0 Å². The Morgan fingerprint density at radius 3 is 1.11 bits per heavy atom. The van der Waals surface area contributed by atoms with Crippen LogP contribution >= 0.6 is 0 Å². The number of sulfone groups is 2. The standard InChI is InChI=1S/C51H56O11S2/c1-40(52)49(60-36-44-22-12-5-13-23-44)32-47(58-34-42-18-8-3-9-19-42)28-30-63(54,55)39-64(56,57)31-29-48(59-35-43-20-10-4-11-21-43)33-50(61-37-45-24-14-6-15-25-45)51(41(2)53)62-38-46-26-16-7-17-27-46/h3-33,40-41,49-53H,34-39H2,1-2H3/b30-28+,31-29+,47-32-,48-33-. The van der Waals surface area contributed by atoms with E-state index in [1.165, 1.54) is 19.1 Å². The molecule has 0 radical (unpaired) electrons. The Bertz CT molecular complexity index is 2460. The molecule has 0 bridgehead atoms. The van der Waals surface area contributed by atoms with Gasteiger partial charge in [0.05, 0.1) is 32.0 Å². The third-order valence-corrected chi connectivity index (χ3v) is 13.2. The maximum Gasteiger partial charge on any atom is 0.186 e. The average Bonchev–Trinajstić information content (AvgIpc) is 3.29. The van der Waals surface area contributed by atoms with Gasteiger partial charge in [-0.05, 0) is 66.0 Å². The van der Waals surface area contributed by atoms with E-state index in [0.717, 1.165) is 50.8 Å². The summed E-state index contributed by atoms with van der Waals surface area (Å²) < 4.78 is 84.8. The summed E-state index contributed by atoms with van der Waals surface area (Å²) >= 11 is 0. The van der Waals surface area contributed by atoms with Crippen LogP contribution < -0.4 is 0 Å². The lowest BCUT2D eigenvalue weighted by atomic mass is 10.1. The zero-order chi connectivity index (χ0) is 45.6. The van der Waals surface area contributed by atoms with Crippen LogP contribution in [0.4, 0.5) is 0 Å². The summed E-state index contributed by atoms with van der Waals surface area (Å²) in [4.78, 5) is 0. The Kier molecular flexibility index (Phi) is 19.8. The molecular weight excluding hydrogens is 853 g/mol. The van der Waals surface area contributed by atoms with Gasteiger partial charge in [-0.25, -0.2) is 16.8 Å². The van der Waals surface area contributed by atoms with Gasteiger partial charge in [-0.1, -0.05) is 152 Å². The molecule has 0 amide bonds. The summed E-state index contributed by atoms with van der Waals surface area (Å²) in [5.74, 6) is 0.0779. The van der Waals surface area contributed by atoms with Gasteiger partial charge in [-0.3, -0.25) is 0 Å². The molecule has 0 heterocycles. The third-order valence-electron chi connectivity index (χ3n) is 9.49. The van der Waals surface area contributed by atoms with Crippen molar-refractivity contribution >= 4 is 19.7 Å². The van der Waals surface area contributed by atoms with E-state index in [1.54, 1.807) is 6.92 Å². The summed E-state index contributed by atoms with van der Waals surface area (Å²) in [6, 6.07) is 46.5. The number of hydrogen-bond donors (Lipinski definition) is 2. The van der Waals surface area contributed by atoms with Crippen molar-refractivity contribution < 1.29 is 50.7 Å². The minimum atomic E-state index is -4.46. The van der Waals surface area contributed by atoms with E-state index >= 15 is 0 Å². The zero-order valence-corrected chi connectivity index (χ0v) is 37.5. The van der Waals surface area contributed by atoms with Crippen LogP contribution in [-0.2, 0) is 76.4 Å². The Balaban J connectivity index is 1.41. The highest BCUT2D eigenvalue weighted by Gasteiger charge is 2.28. The summed E-state index contributed by atoms with van der Waals surface area (Å²) in [6.45, 7) is 3.64. The second kappa shape index (κ2) is 25.6. The highest BCUT2D eigenvalue weighted by Crippen LogP contribution is 2.21. The number of aliphatic hydroxyl groups is 2. The first-order chi connectivity index (χ1) is 30.8. The summed E-state index contributed by atoms with van der Waals surface area (Å²) in [5.41, 5.74) is 4.16. The average molecular weight is 909 g/mol. The molecule has 2 N–H and O–H groups in total. The monoisotopic (exact) mass is 908 g/mol. The Morgan fingerprint density at radius 1 is 0.453 bits per heavy atom. The maximum atomic E-state index is 13.6. The van der Waals surface area contributed by atoms with Crippen molar-refractivity contribution in [1.82, 2.24) is 0 Å². The quantitative estimate of drug-likeness (QED) is 0.0405. The van der Waals surface area contributed by atoms with Gasteiger partial charge in [0.15, 0.2) is 24.8 Å². The molecule has 5 aromatic rings. The fraction of sp³-hybridized carbons (Fsp3) is 0.255. The molecule has 0 aliphatic heterocycles. The van der Waals surface area contributed by atoms with Gasteiger partial charge in [0.1, 0.15) is 43.0 Å². The van der Waals surface area contributed by atoms with Crippen LogP contribution in [0.15, 0.2) is 198 Å². The number of allylic oxidation sites excluding steroid dienone is 2. The molecule has 5 atom stereocenters. The van der Waals surface area contributed by atoms with E-state index < -0.39 is 55.3 Å². The molecular formula is C51H56O11S2. The molecule has 338 valence electrons. The lowest BCUT2D eigenvalue weighted by molar-refractivity contribution is -0.112. The number of rotatable bonds is 26. The topological polar surface area (TPSA) is 155 Å². The van der Waals surface area contributed by atoms with Gasteiger partial charge in [-0.2, -0.15) is 0 Å². The van der Waals surface area contributed by atoms with Crippen LogP contribution in [0.1, 0.15) is 41.7 Å². The number of ether oxygens (including phenoxy) is 5. The first-order valence-corrected chi connectivity index (χ1v) is 24.2. The summed E-state index contributed by atoms with van der Waals surface area (Å²) in [5, 5.41) is 21.8. The van der Waals surface area contributed by atoms with Gasteiger partial charge >= 0.3 is 0 Å². The summed E-state index contributed by atoms with van der Waals surface area (Å²) in [7, 11) is -8.89. The number of benzene rings is 5. The molecule has 0 aliphatic carbocycles. The number of hydrogen-bond acceptors (Lipinski definition) is 11. The van der Waals surface area contributed by atoms with E-state index in [4.69, 9.17) is 23.7 Å². The Labute approximate surface area is 377 Å². The maximum absolute atomic E-state index is 13.6.